The Morgan fingerprint density at radius 3 is 1.11 bits per heavy atom. The molecule has 0 saturated carbocycles. The minimum atomic E-state index is -0.123. The van der Waals surface area contributed by atoms with E-state index in [-0.39, 0.29) is 15.8 Å². The Kier molecular flexibility index (Phi) is 11.3. The van der Waals surface area contributed by atoms with Crippen molar-refractivity contribution >= 4 is 26.0 Å². The summed E-state index contributed by atoms with van der Waals surface area (Å²) in [6.07, 6.45) is 2.36. The van der Waals surface area contributed by atoms with Gasteiger partial charge in [-0.25, -0.2) is 0 Å². The van der Waals surface area contributed by atoms with E-state index in [0.29, 0.717) is 20.6 Å². The van der Waals surface area contributed by atoms with Crippen LogP contribution in [0.1, 0.15) is 94.2 Å². The molecule has 0 nitrogen and oxygen atoms in total. The van der Waals surface area contributed by atoms with Gasteiger partial charge in [0.15, 0.2) is 0 Å². The SMILES string of the molecule is CC(C)(C)P(Cc1[c-]c(CP(C(C)(C)C)C(C)(C)C)ccc1)C(C)(C)C.[Cl][Ni]. The molecule has 1 aromatic rings. The molecule has 0 atom stereocenters. The van der Waals surface area contributed by atoms with Gasteiger partial charge in [-0.1, -0.05) is 98.9 Å². The first-order valence-electron chi connectivity index (χ1n) is 10.1. The van der Waals surface area contributed by atoms with Gasteiger partial charge in [-0.15, -0.1) is 0 Å². The zero-order valence-electron chi connectivity index (χ0n) is 20.2. The molecule has 0 aliphatic rings. The average molecular weight is 488 g/mol. The van der Waals surface area contributed by atoms with Gasteiger partial charge in [-0.2, -0.15) is 35.4 Å². The van der Waals surface area contributed by atoms with Crippen LogP contribution in [0.15, 0.2) is 18.2 Å². The van der Waals surface area contributed by atoms with Crippen LogP contribution in [0.25, 0.3) is 0 Å². The Morgan fingerprint density at radius 1 is 0.643 bits per heavy atom. The van der Waals surface area contributed by atoms with Crippen molar-refractivity contribution in [1.82, 2.24) is 0 Å². The number of benzene rings is 1. The Hall–Kier alpha value is 0.864. The predicted molar refractivity (Wildman–Crippen MR) is 131 cm³/mol. The number of halogens is 1. The first-order chi connectivity index (χ1) is 12.4. The summed E-state index contributed by atoms with van der Waals surface area (Å²) in [6.45, 7) is 28.9. The molecule has 0 unspecified atom stereocenters. The first-order valence-corrected chi connectivity index (χ1v) is 14.5. The van der Waals surface area contributed by atoms with E-state index in [4.69, 9.17) is 0 Å². The zero-order chi connectivity index (χ0) is 22.6. The molecule has 0 amide bonds. The molecule has 0 N–H and O–H groups in total. The van der Waals surface area contributed by atoms with E-state index < -0.39 is 0 Å². The van der Waals surface area contributed by atoms with Crippen LogP contribution in [0, 0.1) is 6.07 Å². The molecule has 28 heavy (non-hydrogen) atoms. The van der Waals surface area contributed by atoms with Crippen LogP contribution in [0.4, 0.5) is 0 Å². The Labute approximate surface area is 191 Å². The number of hydrogen-bond acceptors (Lipinski definition) is 0. The molecule has 0 aromatic heterocycles. The van der Waals surface area contributed by atoms with Gasteiger partial charge < -0.3 is 0 Å². The Morgan fingerprint density at radius 2 is 0.893 bits per heavy atom. The molecular formula is C24H43ClNiP2-. The van der Waals surface area contributed by atoms with Crippen LogP contribution in [-0.2, 0) is 26.9 Å². The maximum absolute atomic E-state index is 4.26. The molecule has 0 aliphatic carbocycles. The van der Waals surface area contributed by atoms with Crippen LogP contribution in [0.2, 0.25) is 0 Å². The van der Waals surface area contributed by atoms with Crippen molar-refractivity contribution in [2.24, 2.45) is 0 Å². The quantitative estimate of drug-likeness (QED) is 0.225. The summed E-state index contributed by atoms with van der Waals surface area (Å²) >= 11 is 3.35. The van der Waals surface area contributed by atoms with E-state index in [2.05, 4.69) is 132 Å². The fourth-order valence-corrected chi connectivity index (χ4v) is 11.0. The van der Waals surface area contributed by atoms with Gasteiger partial charge in [0, 0.05) is 0 Å². The van der Waals surface area contributed by atoms with E-state index in [9.17, 15) is 0 Å². The van der Waals surface area contributed by atoms with E-state index in [0.717, 1.165) is 0 Å². The fourth-order valence-electron chi connectivity index (χ4n) is 4.06. The van der Waals surface area contributed by atoms with Crippen molar-refractivity contribution < 1.29 is 14.6 Å². The van der Waals surface area contributed by atoms with E-state index in [1.807, 2.05) is 0 Å². The van der Waals surface area contributed by atoms with E-state index >= 15 is 0 Å². The summed E-state index contributed by atoms with van der Waals surface area (Å²) in [4.78, 5) is 0. The first kappa shape index (κ1) is 28.9. The van der Waals surface area contributed by atoms with Crippen molar-refractivity contribution in [2.45, 2.75) is 116 Å². The Balaban J connectivity index is 0.00000352. The van der Waals surface area contributed by atoms with Gasteiger partial charge in [0.25, 0.3) is 0 Å². The third kappa shape index (κ3) is 9.78. The molecule has 0 saturated heterocycles. The Bertz CT molecular complexity index is 509. The monoisotopic (exact) mass is 486 g/mol. The molecule has 0 radical (unpaired) electrons. The van der Waals surface area contributed by atoms with Crippen LogP contribution < -0.4 is 0 Å². The van der Waals surface area contributed by atoms with Crippen molar-refractivity contribution in [2.75, 3.05) is 0 Å². The number of rotatable bonds is 4. The molecule has 0 spiro atoms. The summed E-state index contributed by atoms with van der Waals surface area (Å²) < 4.78 is 0. The second-order valence-corrected chi connectivity index (χ2v) is 19.3. The van der Waals surface area contributed by atoms with Crippen molar-refractivity contribution in [1.29, 1.82) is 0 Å². The average Bonchev–Trinajstić information content (AvgIpc) is 2.48. The molecular weight excluding hydrogens is 444 g/mol. The summed E-state index contributed by atoms with van der Waals surface area (Å²) in [5.74, 6) is 0. The molecule has 167 valence electrons. The van der Waals surface area contributed by atoms with Crippen molar-refractivity contribution in [3.63, 3.8) is 0 Å². The van der Waals surface area contributed by atoms with Crippen LogP contribution in [-0.4, -0.2) is 20.6 Å². The van der Waals surface area contributed by atoms with E-state index in [1.165, 1.54) is 23.5 Å². The molecule has 0 aliphatic heterocycles. The minimum absolute atomic E-state index is 0.123. The van der Waals surface area contributed by atoms with Gasteiger partial charge in [-0.05, 0) is 32.9 Å². The van der Waals surface area contributed by atoms with Crippen LogP contribution in [0.3, 0.4) is 0 Å². The van der Waals surface area contributed by atoms with E-state index in [1.54, 1.807) is 0 Å². The molecule has 0 bridgehead atoms. The molecule has 4 heteroatoms. The van der Waals surface area contributed by atoms with Gasteiger partial charge >= 0.3 is 24.8 Å². The molecule has 1 rings (SSSR count). The fraction of sp³-hybridized carbons (Fsp3) is 0.750. The zero-order valence-corrected chi connectivity index (χ0v) is 23.8. The molecule has 0 heterocycles. The van der Waals surface area contributed by atoms with Gasteiger partial charge in [0.1, 0.15) is 0 Å². The van der Waals surface area contributed by atoms with Gasteiger partial charge in [-0.3, -0.25) is 0 Å². The standard InChI is InChI=1S/C24H43P2.ClH.Ni/c1-21(2,3)25(22(4,5)6)17-19-14-13-15-20(16-19)18-26(23(7,8)9)24(10,11)12;;/h13-15H,17-18H2,1-12H3;1H;/q-1;;+1/p-1. The van der Waals surface area contributed by atoms with Crippen molar-refractivity contribution in [3.8, 4) is 0 Å². The number of hydrogen-bond donors (Lipinski definition) is 0. The summed E-state index contributed by atoms with van der Waals surface area (Å²) in [7, 11) is 4.02. The third-order valence-electron chi connectivity index (χ3n) is 4.81. The summed E-state index contributed by atoms with van der Waals surface area (Å²) in [5.41, 5.74) is 2.83. The molecule has 1 aromatic carbocycles. The molecule has 0 fully saturated rings. The topological polar surface area (TPSA) is 0 Å². The third-order valence-corrected chi connectivity index (χ3v) is 12.6. The van der Waals surface area contributed by atoms with Gasteiger partial charge in [0.2, 0.25) is 0 Å². The second-order valence-electron chi connectivity index (χ2n) is 11.6. The predicted octanol–water partition coefficient (Wildman–Crippen LogP) is 9.33. The second kappa shape index (κ2) is 10.9. The van der Waals surface area contributed by atoms with Gasteiger partial charge in [0.05, 0.1) is 0 Å². The van der Waals surface area contributed by atoms with Crippen LogP contribution >= 0.6 is 26.0 Å². The maximum atomic E-state index is 4.26. The van der Waals surface area contributed by atoms with Crippen molar-refractivity contribution in [3.05, 3.63) is 35.4 Å². The summed E-state index contributed by atoms with van der Waals surface area (Å²) in [5, 5.41) is 1.45. The summed E-state index contributed by atoms with van der Waals surface area (Å²) in [6, 6.07) is 10.7. The normalized spacial score (nSPS) is 13.6. The van der Waals surface area contributed by atoms with Crippen LogP contribution in [0.5, 0.6) is 0 Å².